The van der Waals surface area contributed by atoms with E-state index in [1.165, 1.54) is 0 Å². The first-order valence-electron chi connectivity index (χ1n) is 10.6. The van der Waals surface area contributed by atoms with Crippen molar-refractivity contribution in [1.29, 1.82) is 0 Å². The standard InChI is InChI=1S/C24H35FN4/c1-7-19(8-2)23(9-3)29-17(5)22-13-21(22)16(4)28-18(6)24-15-26-20(14-27-24)11-10-12-25/h7-8,15,18,20-22,28H,1-2,4,9-14H2,3,5-6H3/b29-17+/t18?,20-,21-,22-/m1/s1. The fourth-order valence-corrected chi connectivity index (χ4v) is 3.67. The van der Waals surface area contributed by atoms with E-state index in [0.29, 0.717) is 24.8 Å². The molecule has 4 atom stereocenters. The molecule has 1 heterocycles. The van der Waals surface area contributed by atoms with Gasteiger partial charge in [-0.2, -0.15) is 0 Å². The number of allylic oxidation sites excluding steroid dienone is 5. The minimum Gasteiger partial charge on any atom is -0.380 e. The first-order valence-corrected chi connectivity index (χ1v) is 10.6. The normalized spacial score (nSPS) is 24.3. The average molecular weight is 399 g/mol. The highest BCUT2D eigenvalue weighted by Crippen LogP contribution is 2.44. The van der Waals surface area contributed by atoms with Crippen LogP contribution in [0.5, 0.6) is 0 Å². The molecule has 1 saturated carbocycles. The van der Waals surface area contributed by atoms with Gasteiger partial charge in [0.1, 0.15) is 0 Å². The Labute approximate surface area is 175 Å². The van der Waals surface area contributed by atoms with Crippen LogP contribution < -0.4 is 5.32 Å². The molecule has 0 amide bonds. The van der Waals surface area contributed by atoms with Gasteiger partial charge < -0.3 is 5.32 Å². The van der Waals surface area contributed by atoms with Gasteiger partial charge in [-0.1, -0.05) is 38.8 Å². The van der Waals surface area contributed by atoms with E-state index in [0.717, 1.165) is 47.7 Å². The van der Waals surface area contributed by atoms with E-state index in [2.05, 4.69) is 55.8 Å². The van der Waals surface area contributed by atoms with Crippen molar-refractivity contribution in [3.05, 3.63) is 48.9 Å². The van der Waals surface area contributed by atoms with Gasteiger partial charge in [-0.05, 0) is 45.1 Å². The van der Waals surface area contributed by atoms with E-state index in [1.807, 2.05) is 18.4 Å². The molecule has 4 nitrogen and oxygen atoms in total. The number of hydrogen-bond acceptors (Lipinski definition) is 4. The zero-order valence-electron chi connectivity index (χ0n) is 18.1. The van der Waals surface area contributed by atoms with Gasteiger partial charge in [0, 0.05) is 35.2 Å². The molecule has 158 valence electrons. The maximum atomic E-state index is 12.3. The zero-order chi connectivity index (χ0) is 21.4. The molecule has 1 aliphatic carbocycles. The average Bonchev–Trinajstić information content (AvgIpc) is 3.53. The lowest BCUT2D eigenvalue weighted by atomic mass is 10.1. The SMILES string of the molecule is C=CC(C=C)=C(CC)/N=C(\C)[C@H]1C[C@@H]1C(=C)NC(C)C1=NC[C@@H](CCCF)N=C1. The third-order valence-electron chi connectivity index (χ3n) is 5.61. The van der Waals surface area contributed by atoms with Gasteiger partial charge in [-0.3, -0.25) is 19.4 Å². The molecule has 0 radical (unpaired) electrons. The summed E-state index contributed by atoms with van der Waals surface area (Å²) < 4.78 is 12.3. The van der Waals surface area contributed by atoms with Crippen LogP contribution in [0.2, 0.25) is 0 Å². The Morgan fingerprint density at radius 1 is 1.38 bits per heavy atom. The molecule has 1 unspecified atom stereocenters. The lowest BCUT2D eigenvalue weighted by Gasteiger charge is -2.21. The van der Waals surface area contributed by atoms with Crippen molar-refractivity contribution < 1.29 is 4.39 Å². The summed E-state index contributed by atoms with van der Waals surface area (Å²) in [5.74, 6) is 0.820. The Balaban J connectivity index is 1.90. The van der Waals surface area contributed by atoms with Crippen LogP contribution in [-0.4, -0.2) is 42.9 Å². The Morgan fingerprint density at radius 3 is 2.66 bits per heavy atom. The van der Waals surface area contributed by atoms with E-state index >= 15 is 0 Å². The predicted molar refractivity (Wildman–Crippen MR) is 124 cm³/mol. The van der Waals surface area contributed by atoms with Crippen LogP contribution in [0.4, 0.5) is 4.39 Å². The molecule has 2 rings (SSSR count). The quantitative estimate of drug-likeness (QED) is 0.354. The molecule has 0 bridgehead atoms. The van der Waals surface area contributed by atoms with Gasteiger partial charge >= 0.3 is 0 Å². The fraction of sp³-hybridized carbons (Fsp3) is 0.542. The Hall–Kier alpha value is -2.30. The van der Waals surface area contributed by atoms with E-state index < -0.39 is 0 Å². The predicted octanol–water partition coefficient (Wildman–Crippen LogP) is 5.26. The van der Waals surface area contributed by atoms with E-state index in [-0.39, 0.29) is 18.8 Å². The van der Waals surface area contributed by atoms with Crippen LogP contribution >= 0.6 is 0 Å². The molecule has 0 aromatic heterocycles. The minimum atomic E-state index is -0.288. The first kappa shape index (κ1) is 23.0. The van der Waals surface area contributed by atoms with Crippen LogP contribution in [0.1, 0.15) is 46.5 Å². The Bertz CT molecular complexity index is 734. The molecule has 0 spiro atoms. The summed E-state index contributed by atoms with van der Waals surface area (Å²) in [6.45, 7) is 18.6. The molecule has 1 aliphatic heterocycles. The van der Waals surface area contributed by atoms with Crippen molar-refractivity contribution in [2.45, 2.75) is 58.5 Å². The third kappa shape index (κ3) is 6.34. The van der Waals surface area contributed by atoms with Crippen molar-refractivity contribution in [2.24, 2.45) is 26.8 Å². The summed E-state index contributed by atoms with van der Waals surface area (Å²) in [4.78, 5) is 14.0. The maximum absolute atomic E-state index is 12.3. The number of alkyl halides is 1. The van der Waals surface area contributed by atoms with Crippen LogP contribution in [0.25, 0.3) is 0 Å². The number of nitrogens with one attached hydrogen (secondary N) is 1. The topological polar surface area (TPSA) is 49.1 Å². The van der Waals surface area contributed by atoms with Gasteiger partial charge in [0.25, 0.3) is 0 Å². The molecule has 5 heteroatoms. The number of aliphatic imine (C=N–C) groups is 3. The molecule has 1 fully saturated rings. The third-order valence-corrected chi connectivity index (χ3v) is 5.61. The number of nitrogens with zero attached hydrogens (tertiary/aromatic N) is 3. The van der Waals surface area contributed by atoms with E-state index in [9.17, 15) is 4.39 Å². The summed E-state index contributed by atoms with van der Waals surface area (Å²) in [6.07, 6.45) is 8.68. The van der Waals surface area contributed by atoms with Crippen LogP contribution in [-0.2, 0) is 0 Å². The number of hydrogen-bond donors (Lipinski definition) is 1. The second-order valence-corrected chi connectivity index (χ2v) is 7.79. The second-order valence-electron chi connectivity index (χ2n) is 7.79. The highest BCUT2D eigenvalue weighted by Gasteiger charge is 2.41. The zero-order valence-corrected chi connectivity index (χ0v) is 18.1. The molecule has 0 aromatic rings. The maximum Gasteiger partial charge on any atom is 0.0895 e. The lowest BCUT2D eigenvalue weighted by Crippen LogP contribution is -2.37. The van der Waals surface area contributed by atoms with Crippen molar-refractivity contribution >= 4 is 17.6 Å². The largest absolute Gasteiger partial charge is 0.380 e. The molecule has 2 aliphatic rings. The van der Waals surface area contributed by atoms with Crippen molar-refractivity contribution in [2.75, 3.05) is 13.2 Å². The second kappa shape index (κ2) is 11.0. The lowest BCUT2D eigenvalue weighted by molar-refractivity contribution is 0.443. The van der Waals surface area contributed by atoms with Crippen LogP contribution in [0.15, 0.2) is 63.8 Å². The van der Waals surface area contributed by atoms with Crippen molar-refractivity contribution in [3.63, 3.8) is 0 Å². The highest BCUT2D eigenvalue weighted by atomic mass is 19.1. The van der Waals surface area contributed by atoms with Crippen molar-refractivity contribution in [1.82, 2.24) is 5.32 Å². The monoisotopic (exact) mass is 398 g/mol. The molecule has 29 heavy (non-hydrogen) atoms. The fourth-order valence-electron chi connectivity index (χ4n) is 3.67. The minimum absolute atomic E-state index is 0.0612. The van der Waals surface area contributed by atoms with Gasteiger partial charge in [0.15, 0.2) is 0 Å². The van der Waals surface area contributed by atoms with Crippen LogP contribution in [0.3, 0.4) is 0 Å². The molecule has 0 aromatic carbocycles. The summed E-state index contributed by atoms with van der Waals surface area (Å²) in [5, 5.41) is 3.49. The summed E-state index contributed by atoms with van der Waals surface area (Å²) in [7, 11) is 0. The molecule has 1 N–H and O–H groups in total. The van der Waals surface area contributed by atoms with E-state index in [4.69, 9.17) is 4.99 Å². The summed E-state index contributed by atoms with van der Waals surface area (Å²) in [6, 6.07) is 0.180. The summed E-state index contributed by atoms with van der Waals surface area (Å²) >= 11 is 0. The molecule has 0 saturated heterocycles. The Morgan fingerprint density at radius 2 is 2.10 bits per heavy atom. The molecular weight excluding hydrogens is 363 g/mol. The van der Waals surface area contributed by atoms with Gasteiger partial charge in [-0.15, -0.1) is 0 Å². The van der Waals surface area contributed by atoms with Crippen LogP contribution in [0, 0.1) is 11.8 Å². The molecular formula is C24H35FN4. The number of rotatable bonds is 12. The van der Waals surface area contributed by atoms with Gasteiger partial charge in [0.2, 0.25) is 0 Å². The number of halogens is 1. The van der Waals surface area contributed by atoms with E-state index in [1.54, 1.807) is 0 Å². The first-order chi connectivity index (χ1) is 13.9. The smallest absolute Gasteiger partial charge is 0.0895 e. The summed E-state index contributed by atoms with van der Waals surface area (Å²) in [5.41, 5.74) is 5.12. The highest BCUT2D eigenvalue weighted by molar-refractivity contribution is 6.33. The van der Waals surface area contributed by atoms with Gasteiger partial charge in [-0.25, -0.2) is 0 Å². The van der Waals surface area contributed by atoms with Crippen molar-refractivity contribution in [3.8, 4) is 0 Å². The van der Waals surface area contributed by atoms with Gasteiger partial charge in [0.05, 0.1) is 31.0 Å². The Kier molecular flexibility index (Phi) is 8.74.